The lowest BCUT2D eigenvalue weighted by atomic mass is 10.1. The van der Waals surface area contributed by atoms with Crippen LogP contribution in [0.1, 0.15) is 28.8 Å². The fourth-order valence-corrected chi connectivity index (χ4v) is 4.02. The highest BCUT2D eigenvalue weighted by Gasteiger charge is 2.17. The number of aromatic amines is 2. The zero-order valence-electron chi connectivity index (χ0n) is 18.1. The number of para-hydroxylation sites is 1. The van der Waals surface area contributed by atoms with Gasteiger partial charge in [0.2, 0.25) is 5.91 Å². The van der Waals surface area contributed by atoms with E-state index in [-0.39, 0.29) is 23.9 Å². The summed E-state index contributed by atoms with van der Waals surface area (Å²) in [5, 5.41) is 11.7. The maximum atomic E-state index is 12.5. The SMILES string of the molecule is CC(=O)c1ccc(NC(=O)CSc2nnc(Cc3cc(=O)[nH]c(=O)[nH]3)n2-c2ccccc2)cc1. The number of nitrogens with one attached hydrogen (secondary N) is 3. The van der Waals surface area contributed by atoms with Crippen LogP contribution in [0.5, 0.6) is 0 Å². The Morgan fingerprint density at radius 1 is 1.00 bits per heavy atom. The standard InChI is InChI=1S/C23H20N6O4S/c1-14(30)15-7-9-16(10-8-15)24-21(32)13-34-23-28-27-19(29(23)18-5-3-2-4-6-18)11-17-12-20(31)26-22(33)25-17/h2-10,12H,11,13H2,1H3,(H,24,32)(H2,25,26,31,33). The molecule has 0 unspecified atom stereocenters. The number of amides is 1. The molecule has 0 bridgehead atoms. The van der Waals surface area contributed by atoms with Crippen LogP contribution < -0.4 is 16.6 Å². The molecule has 0 aliphatic rings. The average Bonchev–Trinajstić information content (AvgIpc) is 3.20. The number of rotatable bonds is 8. The third-order valence-electron chi connectivity index (χ3n) is 4.79. The van der Waals surface area contributed by atoms with Crippen molar-refractivity contribution in [3.8, 4) is 5.69 Å². The summed E-state index contributed by atoms with van der Waals surface area (Å²) in [7, 11) is 0. The highest BCUT2D eigenvalue weighted by atomic mass is 32.2. The summed E-state index contributed by atoms with van der Waals surface area (Å²) in [6.07, 6.45) is 0.163. The fourth-order valence-electron chi connectivity index (χ4n) is 3.25. The molecule has 34 heavy (non-hydrogen) atoms. The number of ketones is 1. The van der Waals surface area contributed by atoms with Crippen LogP contribution in [0.15, 0.2) is 75.4 Å². The molecule has 0 spiro atoms. The fraction of sp³-hybridized carbons (Fsp3) is 0.130. The number of benzene rings is 2. The number of carbonyl (C=O) groups is 2. The number of Topliss-reactive ketones (excluding diaryl/α,β-unsaturated/α-hetero) is 1. The van der Waals surface area contributed by atoms with E-state index < -0.39 is 11.2 Å². The molecule has 4 aromatic rings. The Bertz CT molecular complexity index is 1410. The number of aromatic nitrogens is 5. The molecule has 10 nitrogen and oxygen atoms in total. The molecule has 4 rings (SSSR count). The molecule has 0 saturated heterocycles. The first-order valence-corrected chi connectivity index (χ1v) is 11.2. The van der Waals surface area contributed by atoms with Gasteiger partial charge in [0.05, 0.1) is 5.75 Å². The van der Waals surface area contributed by atoms with Gasteiger partial charge in [0, 0.05) is 35.1 Å². The lowest BCUT2D eigenvalue weighted by Gasteiger charge is -2.10. The van der Waals surface area contributed by atoms with Gasteiger partial charge in [-0.15, -0.1) is 10.2 Å². The Morgan fingerprint density at radius 2 is 1.74 bits per heavy atom. The number of hydrogen-bond donors (Lipinski definition) is 3. The van der Waals surface area contributed by atoms with Gasteiger partial charge in [-0.2, -0.15) is 0 Å². The van der Waals surface area contributed by atoms with Gasteiger partial charge in [-0.05, 0) is 43.3 Å². The van der Waals surface area contributed by atoms with Crippen molar-refractivity contribution in [2.75, 3.05) is 11.1 Å². The van der Waals surface area contributed by atoms with E-state index in [1.807, 2.05) is 30.3 Å². The zero-order chi connectivity index (χ0) is 24.1. The van der Waals surface area contributed by atoms with Gasteiger partial charge in [-0.3, -0.25) is 23.9 Å². The minimum Gasteiger partial charge on any atom is -0.325 e. The molecule has 0 saturated carbocycles. The maximum Gasteiger partial charge on any atom is 0.325 e. The van der Waals surface area contributed by atoms with E-state index in [0.29, 0.717) is 27.9 Å². The molecule has 172 valence electrons. The van der Waals surface area contributed by atoms with Crippen LogP contribution in [0.3, 0.4) is 0 Å². The van der Waals surface area contributed by atoms with Gasteiger partial charge in [0.1, 0.15) is 5.82 Å². The Labute approximate surface area is 197 Å². The highest BCUT2D eigenvalue weighted by Crippen LogP contribution is 2.23. The molecular weight excluding hydrogens is 456 g/mol. The van der Waals surface area contributed by atoms with Crippen molar-refractivity contribution in [1.82, 2.24) is 24.7 Å². The predicted molar refractivity (Wildman–Crippen MR) is 128 cm³/mol. The second-order valence-corrected chi connectivity index (χ2v) is 8.27. The Hall–Kier alpha value is -4.25. The predicted octanol–water partition coefficient (Wildman–Crippen LogP) is 2.17. The zero-order valence-corrected chi connectivity index (χ0v) is 18.9. The molecule has 3 N–H and O–H groups in total. The van der Waals surface area contributed by atoms with Gasteiger partial charge in [-0.25, -0.2) is 4.79 Å². The Balaban J connectivity index is 1.53. The molecule has 0 radical (unpaired) electrons. The summed E-state index contributed by atoms with van der Waals surface area (Å²) in [6.45, 7) is 1.48. The molecule has 0 fully saturated rings. The number of anilines is 1. The van der Waals surface area contributed by atoms with Crippen molar-refractivity contribution in [3.05, 3.63) is 98.6 Å². The first-order valence-electron chi connectivity index (χ1n) is 10.2. The van der Waals surface area contributed by atoms with Gasteiger partial charge in [0.15, 0.2) is 10.9 Å². The number of carbonyl (C=O) groups excluding carboxylic acids is 2. The van der Waals surface area contributed by atoms with Crippen LogP contribution in [0.25, 0.3) is 5.69 Å². The molecule has 2 heterocycles. The Kier molecular flexibility index (Phi) is 6.83. The van der Waals surface area contributed by atoms with Crippen molar-refractivity contribution in [2.45, 2.75) is 18.5 Å². The van der Waals surface area contributed by atoms with E-state index in [1.54, 1.807) is 28.8 Å². The smallest absolute Gasteiger partial charge is 0.325 e. The van der Waals surface area contributed by atoms with Gasteiger partial charge >= 0.3 is 5.69 Å². The molecule has 1 amide bonds. The summed E-state index contributed by atoms with van der Waals surface area (Å²) in [5.41, 5.74) is 1.21. The second-order valence-electron chi connectivity index (χ2n) is 7.33. The third-order valence-corrected chi connectivity index (χ3v) is 5.72. The summed E-state index contributed by atoms with van der Waals surface area (Å²) >= 11 is 1.20. The molecule has 0 atom stereocenters. The average molecular weight is 477 g/mol. The highest BCUT2D eigenvalue weighted by molar-refractivity contribution is 7.99. The molecule has 11 heteroatoms. The number of thioether (sulfide) groups is 1. The van der Waals surface area contributed by atoms with Crippen LogP contribution in [-0.4, -0.2) is 42.2 Å². The van der Waals surface area contributed by atoms with Crippen LogP contribution in [0.4, 0.5) is 5.69 Å². The van der Waals surface area contributed by atoms with Crippen molar-refractivity contribution in [3.63, 3.8) is 0 Å². The molecule has 2 aromatic heterocycles. The van der Waals surface area contributed by atoms with E-state index in [4.69, 9.17) is 0 Å². The van der Waals surface area contributed by atoms with Crippen LogP contribution in [0, 0.1) is 0 Å². The van der Waals surface area contributed by atoms with E-state index in [2.05, 4.69) is 25.5 Å². The molecule has 0 aliphatic carbocycles. The van der Waals surface area contributed by atoms with Crippen molar-refractivity contribution in [2.24, 2.45) is 0 Å². The van der Waals surface area contributed by atoms with E-state index >= 15 is 0 Å². The maximum absolute atomic E-state index is 12.5. The van der Waals surface area contributed by atoms with E-state index in [1.165, 1.54) is 24.8 Å². The lowest BCUT2D eigenvalue weighted by Crippen LogP contribution is -2.23. The minimum absolute atomic E-state index is 0.0475. The summed E-state index contributed by atoms with van der Waals surface area (Å²) in [6, 6.07) is 17.3. The Morgan fingerprint density at radius 3 is 2.41 bits per heavy atom. The van der Waals surface area contributed by atoms with Crippen molar-refractivity contribution < 1.29 is 9.59 Å². The lowest BCUT2D eigenvalue weighted by molar-refractivity contribution is -0.113. The largest absolute Gasteiger partial charge is 0.325 e. The van der Waals surface area contributed by atoms with E-state index in [0.717, 1.165) is 5.69 Å². The normalized spacial score (nSPS) is 10.7. The summed E-state index contributed by atoms with van der Waals surface area (Å²) in [4.78, 5) is 51.9. The number of nitrogens with zero attached hydrogens (tertiary/aromatic N) is 3. The van der Waals surface area contributed by atoms with Crippen LogP contribution in [0.2, 0.25) is 0 Å². The van der Waals surface area contributed by atoms with Gasteiger partial charge in [-0.1, -0.05) is 30.0 Å². The van der Waals surface area contributed by atoms with Crippen molar-refractivity contribution >= 4 is 29.1 Å². The second kappa shape index (κ2) is 10.1. The van der Waals surface area contributed by atoms with Crippen LogP contribution >= 0.6 is 11.8 Å². The third kappa shape index (κ3) is 5.56. The van der Waals surface area contributed by atoms with E-state index in [9.17, 15) is 19.2 Å². The number of hydrogen-bond acceptors (Lipinski definition) is 7. The number of H-pyrrole nitrogens is 2. The van der Waals surface area contributed by atoms with Gasteiger partial charge < -0.3 is 10.3 Å². The first-order chi connectivity index (χ1) is 16.4. The quantitative estimate of drug-likeness (QED) is 0.261. The molecule has 2 aromatic carbocycles. The minimum atomic E-state index is -0.601. The molecular formula is C23H20N6O4S. The topological polar surface area (TPSA) is 143 Å². The monoisotopic (exact) mass is 476 g/mol. The van der Waals surface area contributed by atoms with Gasteiger partial charge in [0.25, 0.3) is 5.56 Å². The first kappa shape index (κ1) is 22.9. The molecule has 0 aliphatic heterocycles. The summed E-state index contributed by atoms with van der Waals surface area (Å²) in [5.74, 6) is 0.272. The summed E-state index contributed by atoms with van der Waals surface area (Å²) < 4.78 is 1.78. The van der Waals surface area contributed by atoms with Crippen LogP contribution in [-0.2, 0) is 11.2 Å². The van der Waals surface area contributed by atoms with Crippen molar-refractivity contribution in [1.29, 1.82) is 0 Å².